The van der Waals surface area contributed by atoms with Crippen LogP contribution in [0, 0.1) is 0 Å². The van der Waals surface area contributed by atoms with Crippen molar-refractivity contribution in [1.29, 1.82) is 0 Å². The van der Waals surface area contributed by atoms with Crippen LogP contribution in [0.15, 0.2) is 72.1 Å². The number of nitrogens with one attached hydrogen (secondary N) is 1. The molecule has 118 valence electrons. The van der Waals surface area contributed by atoms with Gasteiger partial charge in [0.1, 0.15) is 0 Å². The van der Waals surface area contributed by atoms with Crippen molar-refractivity contribution in [3.63, 3.8) is 0 Å². The van der Waals surface area contributed by atoms with E-state index in [0.29, 0.717) is 12.5 Å². The molecular formula is C16H17IN6. The molecule has 0 bridgehead atoms. The van der Waals surface area contributed by atoms with Crippen LogP contribution in [0.1, 0.15) is 5.56 Å². The van der Waals surface area contributed by atoms with Gasteiger partial charge < -0.3 is 11.1 Å². The van der Waals surface area contributed by atoms with Gasteiger partial charge in [-0.1, -0.05) is 18.2 Å². The standard InChI is InChI=1S/C16H16N6.HI/c17-16(21-14-5-2-1-3-6-14)19-12-13-7-9-18-15(11-13)22-10-4-8-20-22;/h1-11H,12H2,(H3,17,19,21);1H. The van der Waals surface area contributed by atoms with E-state index in [1.54, 1.807) is 17.1 Å². The molecule has 0 unspecified atom stereocenters. The molecule has 3 aromatic rings. The number of rotatable bonds is 4. The van der Waals surface area contributed by atoms with E-state index in [-0.39, 0.29) is 24.0 Å². The Morgan fingerprint density at radius 3 is 2.70 bits per heavy atom. The third kappa shape index (κ3) is 4.78. The van der Waals surface area contributed by atoms with E-state index in [4.69, 9.17) is 5.73 Å². The Kier molecular flexibility index (Phi) is 6.10. The summed E-state index contributed by atoms with van der Waals surface area (Å²) in [7, 11) is 0. The Balaban J connectivity index is 0.00000192. The minimum absolute atomic E-state index is 0. The summed E-state index contributed by atoms with van der Waals surface area (Å²) in [6, 6.07) is 15.4. The number of pyridine rings is 1. The maximum absolute atomic E-state index is 5.89. The van der Waals surface area contributed by atoms with Crippen LogP contribution >= 0.6 is 24.0 Å². The van der Waals surface area contributed by atoms with Crippen molar-refractivity contribution < 1.29 is 0 Å². The van der Waals surface area contributed by atoms with E-state index in [9.17, 15) is 0 Å². The Morgan fingerprint density at radius 1 is 1.13 bits per heavy atom. The van der Waals surface area contributed by atoms with Crippen LogP contribution in [0.4, 0.5) is 5.69 Å². The van der Waals surface area contributed by atoms with Crippen molar-refractivity contribution in [2.45, 2.75) is 6.54 Å². The zero-order chi connectivity index (χ0) is 15.2. The number of guanidine groups is 1. The second kappa shape index (κ2) is 8.28. The van der Waals surface area contributed by atoms with Crippen LogP contribution in [0.25, 0.3) is 5.82 Å². The summed E-state index contributed by atoms with van der Waals surface area (Å²) in [4.78, 5) is 8.62. The lowest BCUT2D eigenvalue weighted by molar-refractivity contribution is 0.841. The molecule has 23 heavy (non-hydrogen) atoms. The average Bonchev–Trinajstić information content (AvgIpc) is 3.09. The molecule has 2 aromatic heterocycles. The summed E-state index contributed by atoms with van der Waals surface area (Å²) in [5.74, 6) is 1.14. The number of nitrogens with two attached hydrogens (primary N) is 1. The van der Waals surface area contributed by atoms with Gasteiger partial charge >= 0.3 is 0 Å². The fourth-order valence-corrected chi connectivity index (χ4v) is 1.97. The lowest BCUT2D eigenvalue weighted by atomic mass is 10.2. The molecule has 3 N–H and O–H groups in total. The van der Waals surface area contributed by atoms with Gasteiger partial charge in [-0.15, -0.1) is 24.0 Å². The van der Waals surface area contributed by atoms with Gasteiger partial charge in [0.15, 0.2) is 11.8 Å². The fraction of sp³-hybridized carbons (Fsp3) is 0.0625. The molecule has 0 aliphatic carbocycles. The van der Waals surface area contributed by atoms with E-state index in [1.807, 2.05) is 54.7 Å². The van der Waals surface area contributed by atoms with E-state index in [1.165, 1.54) is 0 Å². The SMILES string of the molecule is I.NC(=NCc1ccnc(-n2cccn2)c1)Nc1ccccc1. The first-order chi connectivity index (χ1) is 10.8. The first-order valence-corrected chi connectivity index (χ1v) is 6.88. The molecule has 6 nitrogen and oxygen atoms in total. The largest absolute Gasteiger partial charge is 0.370 e. The highest BCUT2D eigenvalue weighted by Gasteiger charge is 2.00. The second-order valence-electron chi connectivity index (χ2n) is 4.67. The number of benzene rings is 1. The van der Waals surface area contributed by atoms with Crippen molar-refractivity contribution >= 4 is 35.6 Å². The topological polar surface area (TPSA) is 81.1 Å². The summed E-state index contributed by atoms with van der Waals surface area (Å²) in [6.45, 7) is 0.475. The van der Waals surface area contributed by atoms with E-state index in [2.05, 4.69) is 20.4 Å². The highest BCUT2D eigenvalue weighted by Crippen LogP contribution is 2.08. The molecule has 0 saturated carbocycles. The van der Waals surface area contributed by atoms with Gasteiger partial charge in [0.2, 0.25) is 0 Å². The Hall–Kier alpha value is -2.42. The number of hydrogen-bond acceptors (Lipinski definition) is 3. The van der Waals surface area contributed by atoms with Crippen molar-refractivity contribution in [3.05, 3.63) is 72.7 Å². The Bertz CT molecular complexity index is 755. The zero-order valence-corrected chi connectivity index (χ0v) is 14.7. The molecule has 0 aliphatic heterocycles. The van der Waals surface area contributed by atoms with Gasteiger partial charge in [0.05, 0.1) is 6.54 Å². The lowest BCUT2D eigenvalue weighted by Crippen LogP contribution is -2.22. The smallest absolute Gasteiger partial charge is 0.193 e. The van der Waals surface area contributed by atoms with Crippen LogP contribution in [0.3, 0.4) is 0 Å². The molecule has 7 heteroatoms. The van der Waals surface area contributed by atoms with E-state index in [0.717, 1.165) is 17.1 Å². The molecule has 1 aromatic carbocycles. The first kappa shape index (κ1) is 16.9. The zero-order valence-electron chi connectivity index (χ0n) is 12.3. The Morgan fingerprint density at radius 2 is 1.96 bits per heavy atom. The number of aliphatic imine (C=N–C) groups is 1. The quantitative estimate of drug-likeness (QED) is 0.387. The summed E-state index contributed by atoms with van der Waals surface area (Å²) >= 11 is 0. The monoisotopic (exact) mass is 420 g/mol. The van der Waals surface area contributed by atoms with Gasteiger partial charge in [-0.05, 0) is 35.9 Å². The molecule has 0 fully saturated rings. The molecule has 0 radical (unpaired) electrons. The van der Waals surface area contributed by atoms with Gasteiger partial charge in [-0.2, -0.15) is 5.10 Å². The molecule has 2 heterocycles. The number of para-hydroxylation sites is 1. The van der Waals surface area contributed by atoms with E-state index >= 15 is 0 Å². The minimum Gasteiger partial charge on any atom is -0.370 e. The van der Waals surface area contributed by atoms with Gasteiger partial charge in [0, 0.05) is 24.3 Å². The third-order valence-electron chi connectivity index (χ3n) is 3.03. The van der Waals surface area contributed by atoms with Crippen molar-refractivity contribution in [2.24, 2.45) is 10.7 Å². The molecule has 0 atom stereocenters. The number of anilines is 1. The van der Waals surface area contributed by atoms with Crippen LogP contribution < -0.4 is 11.1 Å². The number of aromatic nitrogens is 3. The maximum atomic E-state index is 5.89. The predicted octanol–water partition coefficient (Wildman–Crippen LogP) is 2.81. The second-order valence-corrected chi connectivity index (χ2v) is 4.67. The summed E-state index contributed by atoms with van der Waals surface area (Å²) in [5, 5.41) is 7.21. The third-order valence-corrected chi connectivity index (χ3v) is 3.03. The highest BCUT2D eigenvalue weighted by atomic mass is 127. The normalized spacial score (nSPS) is 10.9. The highest BCUT2D eigenvalue weighted by molar-refractivity contribution is 14.0. The van der Waals surface area contributed by atoms with Crippen molar-refractivity contribution in [1.82, 2.24) is 14.8 Å². The molecular weight excluding hydrogens is 403 g/mol. The maximum Gasteiger partial charge on any atom is 0.193 e. The van der Waals surface area contributed by atoms with Crippen LogP contribution in [-0.4, -0.2) is 20.7 Å². The summed E-state index contributed by atoms with van der Waals surface area (Å²) in [6.07, 6.45) is 5.30. The fourth-order valence-electron chi connectivity index (χ4n) is 1.97. The van der Waals surface area contributed by atoms with Gasteiger partial charge in [-0.3, -0.25) is 0 Å². The average molecular weight is 420 g/mol. The van der Waals surface area contributed by atoms with Crippen molar-refractivity contribution in [3.8, 4) is 5.82 Å². The molecule has 0 saturated heterocycles. The van der Waals surface area contributed by atoms with E-state index < -0.39 is 0 Å². The molecule has 3 rings (SSSR count). The van der Waals surface area contributed by atoms with Gasteiger partial charge in [0.25, 0.3) is 0 Å². The number of nitrogens with zero attached hydrogens (tertiary/aromatic N) is 4. The first-order valence-electron chi connectivity index (χ1n) is 6.88. The van der Waals surface area contributed by atoms with Gasteiger partial charge in [-0.25, -0.2) is 14.7 Å². The van der Waals surface area contributed by atoms with Crippen LogP contribution in [-0.2, 0) is 6.54 Å². The predicted molar refractivity (Wildman–Crippen MR) is 102 cm³/mol. The summed E-state index contributed by atoms with van der Waals surface area (Å²) < 4.78 is 1.71. The van der Waals surface area contributed by atoms with Crippen molar-refractivity contribution in [2.75, 3.05) is 5.32 Å². The molecule has 0 spiro atoms. The van der Waals surface area contributed by atoms with Crippen LogP contribution in [0.2, 0.25) is 0 Å². The Labute approximate surface area is 151 Å². The number of halogens is 1. The molecule has 0 aliphatic rings. The lowest BCUT2D eigenvalue weighted by Gasteiger charge is -2.06. The minimum atomic E-state index is 0. The number of hydrogen-bond donors (Lipinski definition) is 2. The van der Waals surface area contributed by atoms with Crippen LogP contribution in [0.5, 0.6) is 0 Å². The molecule has 0 amide bonds. The summed E-state index contributed by atoms with van der Waals surface area (Å²) in [5.41, 5.74) is 7.82.